The van der Waals surface area contributed by atoms with E-state index >= 15 is 0 Å². The Morgan fingerprint density at radius 3 is 2.65 bits per heavy atom. The Bertz CT molecular complexity index is 456. The maximum Gasteiger partial charge on any atom is 0.409 e. The first-order valence-corrected chi connectivity index (χ1v) is 7.11. The lowest BCUT2D eigenvalue weighted by atomic mass is 10.2. The van der Waals surface area contributed by atoms with Crippen LogP contribution in [0.15, 0.2) is 12.3 Å². The van der Waals surface area contributed by atoms with Gasteiger partial charge in [0.25, 0.3) is 0 Å². The van der Waals surface area contributed by atoms with Gasteiger partial charge < -0.3 is 14.5 Å². The van der Waals surface area contributed by atoms with Crippen LogP contribution in [0.5, 0.6) is 0 Å². The zero-order valence-corrected chi connectivity index (χ0v) is 12.4. The minimum Gasteiger partial charge on any atom is -0.450 e. The SMILES string of the molecule is CCOC(=O)N1CCN(c2ccnc(C(C)C)n2)CC1. The highest BCUT2D eigenvalue weighted by atomic mass is 16.6. The first-order chi connectivity index (χ1) is 9.61. The largest absolute Gasteiger partial charge is 0.450 e. The van der Waals surface area contributed by atoms with Crippen molar-refractivity contribution >= 4 is 11.9 Å². The van der Waals surface area contributed by atoms with Crippen LogP contribution >= 0.6 is 0 Å². The second kappa shape index (κ2) is 6.54. The Hall–Kier alpha value is -1.85. The van der Waals surface area contributed by atoms with E-state index in [2.05, 4.69) is 28.7 Å². The molecule has 6 nitrogen and oxygen atoms in total. The molecule has 2 rings (SSSR count). The summed E-state index contributed by atoms with van der Waals surface area (Å²) in [5.41, 5.74) is 0. The Morgan fingerprint density at radius 2 is 2.05 bits per heavy atom. The Labute approximate surface area is 119 Å². The number of rotatable bonds is 3. The van der Waals surface area contributed by atoms with Gasteiger partial charge in [0.15, 0.2) is 0 Å². The molecular formula is C14H22N4O2. The van der Waals surface area contributed by atoms with Gasteiger partial charge in [-0.2, -0.15) is 0 Å². The van der Waals surface area contributed by atoms with E-state index in [4.69, 9.17) is 4.74 Å². The van der Waals surface area contributed by atoms with E-state index in [0.717, 1.165) is 24.7 Å². The maximum atomic E-state index is 11.6. The van der Waals surface area contributed by atoms with Crippen molar-refractivity contribution in [2.45, 2.75) is 26.7 Å². The third-order valence-electron chi connectivity index (χ3n) is 3.31. The summed E-state index contributed by atoms with van der Waals surface area (Å²) < 4.78 is 5.02. The van der Waals surface area contributed by atoms with Gasteiger partial charge in [0.05, 0.1) is 6.61 Å². The number of carbonyl (C=O) groups is 1. The van der Waals surface area contributed by atoms with Crippen LogP contribution in [0, 0.1) is 0 Å². The van der Waals surface area contributed by atoms with Crippen molar-refractivity contribution in [2.24, 2.45) is 0 Å². The fraction of sp³-hybridized carbons (Fsp3) is 0.643. The van der Waals surface area contributed by atoms with Crippen LogP contribution in [-0.4, -0.2) is 53.7 Å². The topological polar surface area (TPSA) is 58.6 Å². The van der Waals surface area contributed by atoms with Gasteiger partial charge in [-0.25, -0.2) is 14.8 Å². The van der Waals surface area contributed by atoms with Crippen molar-refractivity contribution in [2.75, 3.05) is 37.7 Å². The molecule has 1 aliphatic rings. The van der Waals surface area contributed by atoms with Gasteiger partial charge in [0.2, 0.25) is 0 Å². The average molecular weight is 278 g/mol. The molecule has 1 aromatic rings. The lowest BCUT2D eigenvalue weighted by Gasteiger charge is -2.34. The number of nitrogens with zero attached hydrogens (tertiary/aromatic N) is 4. The van der Waals surface area contributed by atoms with E-state index in [0.29, 0.717) is 25.6 Å². The molecule has 1 fully saturated rings. The Morgan fingerprint density at radius 1 is 1.35 bits per heavy atom. The summed E-state index contributed by atoms with van der Waals surface area (Å²) in [7, 11) is 0. The Kier molecular flexibility index (Phi) is 4.76. The number of anilines is 1. The third-order valence-corrected chi connectivity index (χ3v) is 3.31. The summed E-state index contributed by atoms with van der Waals surface area (Å²) in [6, 6.07) is 1.92. The van der Waals surface area contributed by atoms with Crippen molar-refractivity contribution in [3.8, 4) is 0 Å². The zero-order valence-electron chi connectivity index (χ0n) is 12.4. The predicted molar refractivity (Wildman–Crippen MR) is 76.9 cm³/mol. The molecule has 2 heterocycles. The monoisotopic (exact) mass is 278 g/mol. The van der Waals surface area contributed by atoms with Gasteiger partial charge >= 0.3 is 6.09 Å². The fourth-order valence-electron chi connectivity index (χ4n) is 2.15. The molecule has 1 aliphatic heterocycles. The standard InChI is InChI=1S/C14H22N4O2/c1-4-20-14(19)18-9-7-17(8-10-18)12-5-6-15-13(16-12)11(2)3/h5-6,11H,4,7-10H2,1-3H3. The van der Waals surface area contributed by atoms with Crippen LogP contribution in [0.2, 0.25) is 0 Å². The minimum atomic E-state index is -0.224. The number of aromatic nitrogens is 2. The second-order valence-electron chi connectivity index (χ2n) is 5.10. The average Bonchev–Trinajstić information content (AvgIpc) is 2.48. The summed E-state index contributed by atoms with van der Waals surface area (Å²) in [4.78, 5) is 24.4. The quantitative estimate of drug-likeness (QED) is 0.845. The summed E-state index contributed by atoms with van der Waals surface area (Å²) in [5.74, 6) is 2.11. The number of piperazine rings is 1. The fourth-order valence-corrected chi connectivity index (χ4v) is 2.15. The Balaban J connectivity index is 1.97. The first kappa shape index (κ1) is 14.6. The molecule has 0 saturated carbocycles. The van der Waals surface area contributed by atoms with E-state index in [-0.39, 0.29) is 6.09 Å². The normalized spacial score (nSPS) is 15.6. The van der Waals surface area contributed by atoms with Gasteiger partial charge in [-0.1, -0.05) is 13.8 Å². The van der Waals surface area contributed by atoms with Crippen LogP contribution in [0.3, 0.4) is 0 Å². The highest BCUT2D eigenvalue weighted by Crippen LogP contribution is 2.16. The molecule has 0 unspecified atom stereocenters. The van der Waals surface area contributed by atoms with Crippen molar-refractivity contribution in [1.82, 2.24) is 14.9 Å². The molecule has 0 aromatic carbocycles. The van der Waals surface area contributed by atoms with E-state index in [1.165, 1.54) is 0 Å². The predicted octanol–water partition coefficient (Wildman–Crippen LogP) is 1.88. The van der Waals surface area contributed by atoms with Gasteiger partial charge in [-0.3, -0.25) is 0 Å². The van der Waals surface area contributed by atoms with E-state index in [9.17, 15) is 4.79 Å². The molecule has 0 aliphatic carbocycles. The van der Waals surface area contributed by atoms with Crippen molar-refractivity contribution in [3.05, 3.63) is 18.1 Å². The van der Waals surface area contributed by atoms with Crippen LogP contribution < -0.4 is 4.90 Å². The van der Waals surface area contributed by atoms with Gasteiger partial charge in [0.1, 0.15) is 11.6 Å². The van der Waals surface area contributed by atoms with E-state index in [1.807, 2.05) is 13.0 Å². The minimum absolute atomic E-state index is 0.224. The van der Waals surface area contributed by atoms with Crippen LogP contribution in [-0.2, 0) is 4.74 Å². The number of ether oxygens (including phenoxy) is 1. The molecule has 0 bridgehead atoms. The van der Waals surface area contributed by atoms with Crippen LogP contribution in [0.25, 0.3) is 0 Å². The third kappa shape index (κ3) is 3.37. The molecule has 1 aromatic heterocycles. The molecule has 0 spiro atoms. The summed E-state index contributed by atoms with van der Waals surface area (Å²) in [6.07, 6.45) is 1.58. The molecular weight excluding hydrogens is 256 g/mol. The highest BCUT2D eigenvalue weighted by molar-refractivity contribution is 5.68. The summed E-state index contributed by atoms with van der Waals surface area (Å²) in [6.45, 7) is 9.28. The van der Waals surface area contributed by atoms with Crippen molar-refractivity contribution < 1.29 is 9.53 Å². The second-order valence-corrected chi connectivity index (χ2v) is 5.10. The molecule has 0 N–H and O–H groups in total. The molecule has 0 radical (unpaired) electrons. The number of hydrogen-bond donors (Lipinski definition) is 0. The first-order valence-electron chi connectivity index (χ1n) is 7.11. The van der Waals surface area contributed by atoms with Crippen LogP contribution in [0.1, 0.15) is 32.5 Å². The maximum absolute atomic E-state index is 11.6. The van der Waals surface area contributed by atoms with Gasteiger partial charge in [0, 0.05) is 38.3 Å². The smallest absolute Gasteiger partial charge is 0.409 e. The highest BCUT2D eigenvalue weighted by Gasteiger charge is 2.22. The molecule has 1 saturated heterocycles. The van der Waals surface area contributed by atoms with Crippen molar-refractivity contribution in [3.63, 3.8) is 0 Å². The lowest BCUT2D eigenvalue weighted by Crippen LogP contribution is -2.49. The van der Waals surface area contributed by atoms with Gasteiger partial charge in [-0.15, -0.1) is 0 Å². The van der Waals surface area contributed by atoms with Gasteiger partial charge in [-0.05, 0) is 13.0 Å². The number of hydrogen-bond acceptors (Lipinski definition) is 5. The summed E-state index contributed by atoms with van der Waals surface area (Å²) >= 11 is 0. The lowest BCUT2D eigenvalue weighted by molar-refractivity contribution is 0.105. The van der Waals surface area contributed by atoms with E-state index < -0.39 is 0 Å². The van der Waals surface area contributed by atoms with Crippen molar-refractivity contribution in [1.29, 1.82) is 0 Å². The number of amides is 1. The molecule has 20 heavy (non-hydrogen) atoms. The summed E-state index contributed by atoms with van der Waals surface area (Å²) in [5, 5.41) is 0. The van der Waals surface area contributed by atoms with Crippen LogP contribution in [0.4, 0.5) is 10.6 Å². The van der Waals surface area contributed by atoms with E-state index in [1.54, 1.807) is 11.1 Å². The number of carbonyl (C=O) groups excluding carboxylic acids is 1. The molecule has 6 heteroatoms. The molecule has 1 amide bonds. The zero-order chi connectivity index (χ0) is 14.5. The molecule has 0 atom stereocenters. The molecule has 110 valence electrons.